The van der Waals surface area contributed by atoms with E-state index in [0.717, 1.165) is 0 Å². The zero-order valence-electron chi connectivity index (χ0n) is 10.8. The fourth-order valence-corrected chi connectivity index (χ4v) is 3.28. The molecule has 0 amide bonds. The van der Waals surface area contributed by atoms with Gasteiger partial charge in [0.25, 0.3) is 0 Å². The van der Waals surface area contributed by atoms with Crippen molar-refractivity contribution in [1.82, 2.24) is 0 Å². The molecule has 0 fully saturated rings. The van der Waals surface area contributed by atoms with Crippen LogP contribution in [0.3, 0.4) is 0 Å². The molecule has 0 N–H and O–H groups in total. The molecule has 0 spiro atoms. The van der Waals surface area contributed by atoms with E-state index in [-0.39, 0.29) is 5.60 Å². The highest BCUT2D eigenvalue weighted by molar-refractivity contribution is 14.1. The average molecular weight is 350 g/mol. The molecule has 0 saturated carbocycles. The SMILES string of the molecule is Cc1ccc2c(c1)C(C)(OI)c1cc(C)ccc1-2. The Labute approximate surface area is 122 Å². The summed E-state index contributed by atoms with van der Waals surface area (Å²) in [5.74, 6) is 0. The molecule has 0 radical (unpaired) electrons. The lowest BCUT2D eigenvalue weighted by Gasteiger charge is -2.24. The van der Waals surface area contributed by atoms with Crippen LogP contribution in [0.1, 0.15) is 29.2 Å². The molecule has 0 heterocycles. The van der Waals surface area contributed by atoms with Crippen molar-refractivity contribution >= 4 is 23.0 Å². The Morgan fingerprint density at radius 2 is 1.33 bits per heavy atom. The lowest BCUT2D eigenvalue weighted by Crippen LogP contribution is -2.20. The lowest BCUT2D eigenvalue weighted by atomic mass is 9.92. The third-order valence-corrected chi connectivity index (χ3v) is 4.70. The molecule has 18 heavy (non-hydrogen) atoms. The van der Waals surface area contributed by atoms with Gasteiger partial charge in [0.05, 0.1) is 0 Å². The molecule has 0 bridgehead atoms. The maximum Gasteiger partial charge on any atom is 0.129 e. The summed E-state index contributed by atoms with van der Waals surface area (Å²) in [5.41, 5.74) is 7.37. The van der Waals surface area contributed by atoms with Crippen molar-refractivity contribution in [2.45, 2.75) is 26.4 Å². The van der Waals surface area contributed by atoms with Crippen LogP contribution in [0.2, 0.25) is 0 Å². The van der Waals surface area contributed by atoms with Crippen LogP contribution in [0, 0.1) is 13.8 Å². The van der Waals surface area contributed by atoms with E-state index in [1.54, 1.807) is 0 Å². The van der Waals surface area contributed by atoms with Crippen molar-refractivity contribution in [3.05, 3.63) is 58.7 Å². The highest BCUT2D eigenvalue weighted by Gasteiger charge is 2.40. The van der Waals surface area contributed by atoms with Crippen molar-refractivity contribution in [3.8, 4) is 11.1 Å². The number of benzene rings is 2. The second-order valence-corrected chi connectivity index (χ2v) is 5.65. The number of hydrogen-bond donors (Lipinski definition) is 0. The maximum atomic E-state index is 5.83. The molecule has 0 atom stereocenters. The van der Waals surface area contributed by atoms with Crippen molar-refractivity contribution in [2.75, 3.05) is 0 Å². The number of rotatable bonds is 1. The molecule has 0 aliphatic heterocycles. The van der Waals surface area contributed by atoms with Crippen LogP contribution in [-0.4, -0.2) is 0 Å². The predicted molar refractivity (Wildman–Crippen MR) is 82.9 cm³/mol. The van der Waals surface area contributed by atoms with E-state index in [2.05, 4.69) is 57.2 Å². The molecule has 2 heteroatoms. The first kappa shape index (κ1) is 12.2. The summed E-state index contributed by atoms with van der Waals surface area (Å²) in [7, 11) is 0. The number of halogens is 1. The molecule has 1 aliphatic rings. The van der Waals surface area contributed by atoms with Crippen LogP contribution in [0.25, 0.3) is 11.1 Å². The minimum absolute atomic E-state index is 0.330. The Morgan fingerprint density at radius 1 is 0.889 bits per heavy atom. The molecule has 1 nitrogen and oxygen atoms in total. The zero-order valence-corrected chi connectivity index (χ0v) is 12.9. The van der Waals surface area contributed by atoms with Gasteiger partial charge >= 0.3 is 0 Å². The van der Waals surface area contributed by atoms with Gasteiger partial charge in [0.15, 0.2) is 0 Å². The first-order valence-corrected chi connectivity index (χ1v) is 6.97. The summed E-state index contributed by atoms with van der Waals surface area (Å²) in [6, 6.07) is 13.2. The molecular formula is C16H15IO. The smallest absolute Gasteiger partial charge is 0.129 e. The van der Waals surface area contributed by atoms with Crippen molar-refractivity contribution in [2.24, 2.45) is 0 Å². The Kier molecular flexibility index (Phi) is 2.75. The molecule has 0 saturated heterocycles. The summed E-state index contributed by atoms with van der Waals surface area (Å²) >= 11 is 2.02. The zero-order chi connectivity index (χ0) is 12.9. The second kappa shape index (κ2) is 4.07. The monoisotopic (exact) mass is 350 g/mol. The number of hydrogen-bond acceptors (Lipinski definition) is 1. The van der Waals surface area contributed by atoms with Gasteiger partial charge in [-0.2, -0.15) is 0 Å². The topological polar surface area (TPSA) is 9.23 Å². The number of fused-ring (bicyclic) bond motifs is 3. The Morgan fingerprint density at radius 3 is 1.72 bits per heavy atom. The van der Waals surface area contributed by atoms with E-state index < -0.39 is 0 Å². The Bertz CT molecular complexity index is 579. The van der Waals surface area contributed by atoms with Gasteiger partial charge < -0.3 is 0 Å². The van der Waals surface area contributed by atoms with Crippen LogP contribution in [-0.2, 0) is 8.67 Å². The summed E-state index contributed by atoms with van der Waals surface area (Å²) < 4.78 is 5.83. The predicted octanol–water partition coefficient (Wildman–Crippen LogP) is 4.91. The van der Waals surface area contributed by atoms with Gasteiger partial charge in [-0.1, -0.05) is 47.5 Å². The first-order chi connectivity index (χ1) is 8.56. The molecule has 92 valence electrons. The maximum absolute atomic E-state index is 5.83. The molecule has 2 aromatic rings. The lowest BCUT2D eigenvalue weighted by molar-refractivity contribution is 0.210. The Balaban J connectivity index is 2.37. The highest BCUT2D eigenvalue weighted by Crippen LogP contribution is 2.50. The quantitative estimate of drug-likeness (QED) is 0.664. The van der Waals surface area contributed by atoms with Crippen LogP contribution in [0.4, 0.5) is 0 Å². The largest absolute Gasteiger partial charge is 0.300 e. The van der Waals surface area contributed by atoms with Crippen molar-refractivity contribution in [3.63, 3.8) is 0 Å². The molecule has 1 aliphatic carbocycles. The van der Waals surface area contributed by atoms with E-state index >= 15 is 0 Å². The summed E-state index contributed by atoms with van der Waals surface area (Å²) in [6.07, 6.45) is 0. The molecular weight excluding hydrogens is 335 g/mol. The standard InChI is InChI=1S/C16H15IO/c1-10-4-6-12-13-7-5-11(2)9-15(13)16(3,18-17)14(12)8-10/h4-9H,1-3H3. The summed E-state index contributed by atoms with van der Waals surface area (Å²) in [5, 5.41) is 0. The normalized spacial score (nSPS) is 15.3. The van der Waals surface area contributed by atoms with Gasteiger partial charge in [0.2, 0.25) is 0 Å². The average Bonchev–Trinajstić information content (AvgIpc) is 2.60. The highest BCUT2D eigenvalue weighted by atomic mass is 127. The fraction of sp³-hybridized carbons (Fsp3) is 0.250. The van der Waals surface area contributed by atoms with E-state index in [4.69, 9.17) is 3.07 Å². The van der Waals surface area contributed by atoms with E-state index in [1.807, 2.05) is 23.0 Å². The van der Waals surface area contributed by atoms with E-state index in [1.165, 1.54) is 33.4 Å². The fourth-order valence-electron chi connectivity index (χ4n) is 2.80. The van der Waals surface area contributed by atoms with Crippen LogP contribution >= 0.6 is 23.0 Å². The van der Waals surface area contributed by atoms with Crippen LogP contribution < -0.4 is 0 Å². The molecule has 2 aromatic carbocycles. The van der Waals surface area contributed by atoms with Gasteiger partial charge in [-0.05, 0) is 43.0 Å². The van der Waals surface area contributed by atoms with Crippen molar-refractivity contribution < 1.29 is 3.07 Å². The second-order valence-electron chi connectivity index (χ2n) is 5.21. The van der Waals surface area contributed by atoms with Gasteiger partial charge in [-0.15, -0.1) is 0 Å². The minimum atomic E-state index is -0.330. The number of aryl methyl sites for hydroxylation is 2. The van der Waals surface area contributed by atoms with Crippen LogP contribution in [0.5, 0.6) is 0 Å². The van der Waals surface area contributed by atoms with Gasteiger partial charge in [-0.25, -0.2) is 0 Å². The van der Waals surface area contributed by atoms with E-state index in [0.29, 0.717) is 0 Å². The van der Waals surface area contributed by atoms with E-state index in [9.17, 15) is 0 Å². The molecule has 3 rings (SSSR count). The Hall–Kier alpha value is -0.870. The molecule has 0 unspecified atom stereocenters. The summed E-state index contributed by atoms with van der Waals surface area (Å²) in [6.45, 7) is 6.41. The third kappa shape index (κ3) is 1.55. The third-order valence-electron chi connectivity index (χ3n) is 3.82. The van der Waals surface area contributed by atoms with Gasteiger partial charge in [-0.3, -0.25) is 3.07 Å². The van der Waals surface area contributed by atoms with Gasteiger partial charge in [0.1, 0.15) is 28.6 Å². The summed E-state index contributed by atoms with van der Waals surface area (Å²) in [4.78, 5) is 0. The van der Waals surface area contributed by atoms with Crippen molar-refractivity contribution in [1.29, 1.82) is 0 Å². The van der Waals surface area contributed by atoms with Gasteiger partial charge in [0, 0.05) is 0 Å². The molecule has 0 aromatic heterocycles. The first-order valence-electron chi connectivity index (χ1n) is 6.08. The minimum Gasteiger partial charge on any atom is -0.300 e. The van der Waals surface area contributed by atoms with Crippen LogP contribution in [0.15, 0.2) is 36.4 Å².